The third-order valence-electron chi connectivity index (χ3n) is 2.74. The maximum absolute atomic E-state index is 12.0. The number of hydrogen-bond acceptors (Lipinski definition) is 5. The van der Waals surface area contributed by atoms with Gasteiger partial charge in [0, 0.05) is 22.7 Å². The average Bonchev–Trinajstić information content (AvgIpc) is 2.53. The third-order valence-corrected chi connectivity index (χ3v) is 4.26. The topological polar surface area (TPSA) is 118 Å². The van der Waals surface area contributed by atoms with E-state index in [4.69, 9.17) is 11.6 Å². The van der Waals surface area contributed by atoms with Crippen molar-refractivity contribution in [2.75, 3.05) is 0 Å². The van der Waals surface area contributed by atoms with Crippen LogP contribution in [0.25, 0.3) is 0 Å². The first-order valence-corrected chi connectivity index (χ1v) is 7.98. The van der Waals surface area contributed by atoms with Crippen LogP contribution in [-0.2, 0) is 10.0 Å². The van der Waals surface area contributed by atoms with Gasteiger partial charge < -0.3 is 0 Å². The van der Waals surface area contributed by atoms with Gasteiger partial charge in [0.15, 0.2) is 0 Å². The molecule has 0 fully saturated rings. The number of sulfonamides is 1. The Morgan fingerprint density at radius 3 is 2.39 bits per heavy atom. The highest BCUT2D eigenvalue weighted by molar-refractivity contribution is 7.89. The van der Waals surface area contributed by atoms with E-state index in [1.54, 1.807) is 0 Å². The van der Waals surface area contributed by atoms with Crippen molar-refractivity contribution in [3.8, 4) is 0 Å². The van der Waals surface area contributed by atoms with Crippen molar-refractivity contribution in [2.24, 2.45) is 0 Å². The second kappa shape index (κ2) is 6.73. The minimum absolute atomic E-state index is 0.0574. The summed E-state index contributed by atoms with van der Waals surface area (Å²) in [6.45, 7) is 0. The van der Waals surface area contributed by atoms with Crippen LogP contribution in [0.3, 0.4) is 0 Å². The molecule has 8 nitrogen and oxygen atoms in total. The van der Waals surface area contributed by atoms with Gasteiger partial charge in [0.2, 0.25) is 0 Å². The molecule has 0 atom stereocenters. The maximum atomic E-state index is 12.0. The Morgan fingerprint density at radius 1 is 1.13 bits per heavy atom. The second-order valence-corrected chi connectivity index (χ2v) is 6.44. The van der Waals surface area contributed by atoms with Gasteiger partial charge in [-0.05, 0) is 30.3 Å². The quantitative estimate of drug-likeness (QED) is 0.627. The summed E-state index contributed by atoms with van der Waals surface area (Å²) in [5.41, 5.74) is 1.65. The van der Waals surface area contributed by atoms with Gasteiger partial charge >= 0.3 is 0 Å². The summed E-state index contributed by atoms with van der Waals surface area (Å²) < 4.78 is 24.0. The van der Waals surface area contributed by atoms with Crippen LogP contribution in [0.1, 0.15) is 10.4 Å². The van der Waals surface area contributed by atoms with Crippen molar-refractivity contribution in [3.63, 3.8) is 0 Å². The van der Waals surface area contributed by atoms with Crippen molar-refractivity contribution < 1.29 is 18.1 Å². The smallest absolute Gasteiger partial charge is 0.270 e. The van der Waals surface area contributed by atoms with Crippen molar-refractivity contribution in [1.29, 1.82) is 0 Å². The molecule has 0 radical (unpaired) electrons. The lowest BCUT2D eigenvalue weighted by Gasteiger charge is -2.08. The molecule has 0 spiro atoms. The molecule has 0 heterocycles. The Balaban J connectivity index is 2.10. The van der Waals surface area contributed by atoms with E-state index in [1.807, 2.05) is 10.3 Å². The fraction of sp³-hybridized carbons (Fsp3) is 0. The monoisotopic (exact) mass is 355 g/mol. The molecule has 120 valence electrons. The fourth-order valence-electron chi connectivity index (χ4n) is 1.62. The van der Waals surface area contributed by atoms with Crippen molar-refractivity contribution >= 4 is 33.2 Å². The second-order valence-electron chi connectivity index (χ2n) is 4.32. The number of hydrazine groups is 1. The van der Waals surface area contributed by atoms with Crippen LogP contribution in [0.15, 0.2) is 53.4 Å². The van der Waals surface area contributed by atoms with Gasteiger partial charge in [0.05, 0.1) is 9.82 Å². The Labute approximate surface area is 136 Å². The molecule has 2 aromatic carbocycles. The molecule has 0 aliphatic heterocycles. The standard InChI is InChI=1S/C13H10ClN3O5S/c14-10-4-6-12(7-5-10)23(21,22)16-15-13(18)9-2-1-3-11(8-9)17(19)20/h1-8,16H,(H,15,18). The summed E-state index contributed by atoms with van der Waals surface area (Å²) in [6.07, 6.45) is 0. The molecule has 1 amide bonds. The molecular weight excluding hydrogens is 346 g/mol. The number of halogens is 1. The number of nitro groups is 1. The Kier molecular flexibility index (Phi) is 4.94. The van der Waals surface area contributed by atoms with Crippen LogP contribution >= 0.6 is 11.6 Å². The highest BCUT2D eigenvalue weighted by atomic mass is 35.5. The molecule has 23 heavy (non-hydrogen) atoms. The number of carbonyl (C=O) groups excluding carboxylic acids is 1. The van der Waals surface area contributed by atoms with Crippen LogP contribution in [0.2, 0.25) is 5.02 Å². The van der Waals surface area contributed by atoms with Crippen molar-refractivity contribution in [1.82, 2.24) is 10.3 Å². The van der Waals surface area contributed by atoms with Gasteiger partial charge in [-0.1, -0.05) is 17.7 Å². The SMILES string of the molecule is O=C(NNS(=O)(=O)c1ccc(Cl)cc1)c1cccc([N+](=O)[O-])c1. The summed E-state index contributed by atoms with van der Waals surface area (Å²) >= 11 is 5.67. The van der Waals surface area contributed by atoms with Gasteiger partial charge in [-0.25, -0.2) is 8.42 Å². The third kappa shape index (κ3) is 4.25. The number of nitro benzene ring substituents is 1. The van der Waals surface area contributed by atoms with Gasteiger partial charge in [-0.2, -0.15) is 0 Å². The number of nitrogens with one attached hydrogen (secondary N) is 2. The molecule has 0 aliphatic rings. The average molecular weight is 356 g/mol. The van der Waals surface area contributed by atoms with Crippen LogP contribution in [0, 0.1) is 10.1 Å². The van der Waals surface area contributed by atoms with E-state index >= 15 is 0 Å². The fourth-order valence-corrected chi connectivity index (χ4v) is 2.58. The molecule has 10 heteroatoms. The number of hydrogen-bond donors (Lipinski definition) is 2. The Hall–Kier alpha value is -2.49. The van der Waals surface area contributed by atoms with E-state index in [0.717, 1.165) is 6.07 Å². The molecule has 0 aromatic heterocycles. The molecular formula is C13H10ClN3O5S. The Morgan fingerprint density at radius 2 is 1.78 bits per heavy atom. The summed E-state index contributed by atoms with van der Waals surface area (Å²) in [6, 6.07) is 10.2. The lowest BCUT2D eigenvalue weighted by atomic mass is 10.2. The number of carbonyl (C=O) groups is 1. The van der Waals surface area contributed by atoms with E-state index < -0.39 is 20.9 Å². The highest BCUT2D eigenvalue weighted by Crippen LogP contribution is 2.14. The first kappa shape index (κ1) is 16.9. The number of amides is 1. The highest BCUT2D eigenvalue weighted by Gasteiger charge is 2.17. The molecule has 2 rings (SSSR count). The molecule has 0 bridgehead atoms. The van der Waals surface area contributed by atoms with Crippen LogP contribution in [0.4, 0.5) is 5.69 Å². The summed E-state index contributed by atoms with van der Waals surface area (Å²) in [4.78, 5) is 23.7. The summed E-state index contributed by atoms with van der Waals surface area (Å²) in [5, 5.41) is 11.0. The summed E-state index contributed by atoms with van der Waals surface area (Å²) in [7, 11) is -3.98. The zero-order chi connectivity index (χ0) is 17.0. The van der Waals surface area contributed by atoms with E-state index in [2.05, 4.69) is 0 Å². The largest absolute Gasteiger partial charge is 0.273 e. The lowest BCUT2D eigenvalue weighted by molar-refractivity contribution is -0.384. The van der Waals surface area contributed by atoms with Gasteiger partial charge in [-0.15, -0.1) is 4.83 Å². The predicted molar refractivity (Wildman–Crippen MR) is 82.3 cm³/mol. The van der Waals surface area contributed by atoms with E-state index in [9.17, 15) is 23.3 Å². The minimum Gasteiger partial charge on any atom is -0.273 e. The van der Waals surface area contributed by atoms with E-state index in [1.165, 1.54) is 42.5 Å². The number of benzene rings is 2. The zero-order valence-electron chi connectivity index (χ0n) is 11.4. The normalized spacial score (nSPS) is 11.0. The number of rotatable bonds is 5. The van der Waals surface area contributed by atoms with Crippen molar-refractivity contribution in [2.45, 2.75) is 4.90 Å². The van der Waals surface area contributed by atoms with Gasteiger partial charge in [-0.3, -0.25) is 20.3 Å². The molecule has 0 unspecified atom stereocenters. The van der Waals surface area contributed by atoms with Crippen LogP contribution in [-0.4, -0.2) is 19.2 Å². The van der Waals surface area contributed by atoms with E-state index in [-0.39, 0.29) is 16.1 Å². The maximum Gasteiger partial charge on any atom is 0.270 e. The molecule has 0 saturated carbocycles. The van der Waals surface area contributed by atoms with E-state index in [0.29, 0.717) is 5.02 Å². The Bertz CT molecular complexity index is 852. The van der Waals surface area contributed by atoms with Crippen LogP contribution < -0.4 is 10.3 Å². The minimum atomic E-state index is -3.98. The van der Waals surface area contributed by atoms with Gasteiger partial charge in [0.25, 0.3) is 21.6 Å². The predicted octanol–water partition coefficient (Wildman–Crippen LogP) is 1.87. The molecule has 0 aliphatic carbocycles. The summed E-state index contributed by atoms with van der Waals surface area (Å²) in [5.74, 6) is -0.828. The molecule has 2 aromatic rings. The number of nitrogens with zero attached hydrogens (tertiary/aromatic N) is 1. The first-order chi connectivity index (χ1) is 10.8. The zero-order valence-corrected chi connectivity index (χ0v) is 13.0. The number of non-ortho nitro benzene ring substituents is 1. The first-order valence-electron chi connectivity index (χ1n) is 6.12. The molecule has 0 saturated heterocycles. The van der Waals surface area contributed by atoms with Gasteiger partial charge in [0.1, 0.15) is 0 Å². The van der Waals surface area contributed by atoms with Crippen molar-refractivity contribution in [3.05, 3.63) is 69.2 Å². The van der Waals surface area contributed by atoms with Crippen LogP contribution in [0.5, 0.6) is 0 Å². The lowest BCUT2D eigenvalue weighted by Crippen LogP contribution is -2.41. The molecule has 2 N–H and O–H groups in total.